The van der Waals surface area contributed by atoms with Crippen molar-refractivity contribution in [3.05, 3.63) is 30.3 Å². The topological polar surface area (TPSA) is 66.4 Å². The summed E-state index contributed by atoms with van der Waals surface area (Å²) in [6.07, 6.45) is 0. The molecule has 0 fully saturated rings. The van der Waals surface area contributed by atoms with Gasteiger partial charge in [-0.1, -0.05) is 25.1 Å². The lowest BCUT2D eigenvalue weighted by molar-refractivity contribution is -0.140. The Labute approximate surface area is 127 Å². The monoisotopic (exact) mass is 313 g/mol. The molecule has 0 aliphatic rings. The van der Waals surface area contributed by atoms with Gasteiger partial charge in [-0.3, -0.25) is 9.59 Å². The van der Waals surface area contributed by atoms with Crippen molar-refractivity contribution in [2.45, 2.75) is 11.8 Å². The molecule has 0 heterocycles. The number of benzene rings is 1. The molecule has 4 nitrogen and oxygen atoms in total. The number of carboxylic acids is 1. The van der Waals surface area contributed by atoms with Crippen LogP contribution in [0.3, 0.4) is 0 Å². The molecule has 1 atom stereocenters. The fraction of sp³-hybridized carbons (Fsp3) is 0.429. The third-order valence-corrected chi connectivity index (χ3v) is 4.67. The lowest BCUT2D eigenvalue weighted by Gasteiger charge is -2.07. The largest absolute Gasteiger partial charge is 0.481 e. The number of hydrogen-bond acceptors (Lipinski definition) is 4. The molecule has 6 heteroatoms. The van der Waals surface area contributed by atoms with Crippen LogP contribution in [0.25, 0.3) is 0 Å². The second-order valence-corrected chi connectivity index (χ2v) is 6.46. The molecule has 0 aliphatic carbocycles. The molecule has 0 bridgehead atoms. The van der Waals surface area contributed by atoms with Crippen molar-refractivity contribution in [2.75, 3.05) is 23.8 Å². The number of rotatable bonds is 9. The minimum atomic E-state index is -0.822. The van der Waals surface area contributed by atoms with E-state index in [1.165, 1.54) is 16.7 Å². The number of amides is 1. The molecule has 20 heavy (non-hydrogen) atoms. The molecule has 0 spiro atoms. The van der Waals surface area contributed by atoms with Crippen LogP contribution in [0, 0.1) is 5.92 Å². The predicted molar refractivity (Wildman–Crippen MR) is 84.3 cm³/mol. The number of aliphatic carboxylic acids is 1. The zero-order valence-electron chi connectivity index (χ0n) is 11.4. The maximum atomic E-state index is 11.5. The molecule has 110 valence electrons. The van der Waals surface area contributed by atoms with Gasteiger partial charge in [-0.2, -0.15) is 11.8 Å². The summed E-state index contributed by atoms with van der Waals surface area (Å²) in [5.41, 5.74) is 0. The Morgan fingerprint density at radius 3 is 2.65 bits per heavy atom. The number of thioether (sulfide) groups is 2. The zero-order chi connectivity index (χ0) is 14.8. The molecule has 1 rings (SSSR count). The summed E-state index contributed by atoms with van der Waals surface area (Å²) in [4.78, 5) is 23.3. The van der Waals surface area contributed by atoms with E-state index >= 15 is 0 Å². The number of hydrogen-bond donors (Lipinski definition) is 2. The van der Waals surface area contributed by atoms with Gasteiger partial charge in [0.05, 0.1) is 11.7 Å². The van der Waals surface area contributed by atoms with E-state index in [1.54, 1.807) is 18.7 Å². The molecule has 2 N–H and O–H groups in total. The van der Waals surface area contributed by atoms with Crippen molar-refractivity contribution in [3.63, 3.8) is 0 Å². The van der Waals surface area contributed by atoms with Gasteiger partial charge in [0.1, 0.15) is 0 Å². The lowest BCUT2D eigenvalue weighted by Crippen LogP contribution is -2.27. The van der Waals surface area contributed by atoms with E-state index in [2.05, 4.69) is 5.32 Å². The van der Waals surface area contributed by atoms with Crippen LogP contribution in [0.2, 0.25) is 0 Å². The highest BCUT2D eigenvalue weighted by molar-refractivity contribution is 8.00. The Morgan fingerprint density at radius 1 is 1.30 bits per heavy atom. The fourth-order valence-electron chi connectivity index (χ4n) is 1.33. The van der Waals surface area contributed by atoms with Crippen LogP contribution in [0.1, 0.15) is 6.92 Å². The van der Waals surface area contributed by atoms with Gasteiger partial charge in [-0.15, -0.1) is 11.8 Å². The Kier molecular flexibility index (Phi) is 8.22. The van der Waals surface area contributed by atoms with Crippen LogP contribution in [-0.2, 0) is 9.59 Å². The van der Waals surface area contributed by atoms with Crippen LogP contribution >= 0.6 is 23.5 Å². The summed E-state index contributed by atoms with van der Waals surface area (Å²) >= 11 is 3.05. The van der Waals surface area contributed by atoms with Gasteiger partial charge in [0.25, 0.3) is 0 Å². The molecule has 1 unspecified atom stereocenters. The maximum absolute atomic E-state index is 11.5. The molecule has 0 saturated heterocycles. The standard InChI is InChI=1S/C14H19NO3S2/c1-11(14(17)18)9-19-10-13(16)15-7-8-20-12-5-3-2-4-6-12/h2-6,11H,7-10H2,1H3,(H,15,16)(H,17,18). The quantitative estimate of drug-likeness (QED) is 0.541. The van der Waals surface area contributed by atoms with Gasteiger partial charge in [0, 0.05) is 22.9 Å². The Balaban J connectivity index is 2.04. The Morgan fingerprint density at radius 2 is 2.00 bits per heavy atom. The molecular weight excluding hydrogens is 294 g/mol. The minimum absolute atomic E-state index is 0.0405. The number of carbonyl (C=O) groups excluding carboxylic acids is 1. The van der Waals surface area contributed by atoms with Crippen LogP contribution in [0.4, 0.5) is 0 Å². The van der Waals surface area contributed by atoms with E-state index in [1.807, 2.05) is 30.3 Å². The lowest BCUT2D eigenvalue weighted by atomic mass is 10.2. The third kappa shape index (κ3) is 7.45. The van der Waals surface area contributed by atoms with E-state index in [0.29, 0.717) is 18.1 Å². The van der Waals surface area contributed by atoms with E-state index in [4.69, 9.17) is 5.11 Å². The van der Waals surface area contributed by atoms with Crippen molar-refractivity contribution in [2.24, 2.45) is 5.92 Å². The normalized spacial score (nSPS) is 11.8. The fourth-order valence-corrected chi connectivity index (χ4v) is 3.02. The SMILES string of the molecule is CC(CSCC(=O)NCCSc1ccccc1)C(=O)O. The van der Waals surface area contributed by atoms with E-state index in [-0.39, 0.29) is 5.91 Å². The van der Waals surface area contributed by atoms with Gasteiger partial charge in [-0.25, -0.2) is 0 Å². The van der Waals surface area contributed by atoms with E-state index in [0.717, 1.165) is 5.75 Å². The summed E-state index contributed by atoms with van der Waals surface area (Å²) in [6, 6.07) is 10.0. The predicted octanol–water partition coefficient (Wildman–Crippen LogP) is 2.35. The molecule has 0 radical (unpaired) electrons. The summed E-state index contributed by atoms with van der Waals surface area (Å²) in [6.45, 7) is 2.26. The first-order valence-corrected chi connectivity index (χ1v) is 8.48. The molecule has 1 aromatic rings. The second-order valence-electron chi connectivity index (χ2n) is 4.27. The molecule has 1 aromatic carbocycles. The average molecular weight is 313 g/mol. The average Bonchev–Trinajstić information content (AvgIpc) is 2.44. The first kappa shape index (κ1) is 16.9. The van der Waals surface area contributed by atoms with Crippen molar-refractivity contribution in [1.82, 2.24) is 5.32 Å². The van der Waals surface area contributed by atoms with Crippen molar-refractivity contribution in [1.29, 1.82) is 0 Å². The summed E-state index contributed by atoms with van der Waals surface area (Å²) < 4.78 is 0. The Hall–Kier alpha value is -1.14. The smallest absolute Gasteiger partial charge is 0.307 e. The van der Waals surface area contributed by atoms with Crippen LogP contribution in [0.5, 0.6) is 0 Å². The molecule has 1 amide bonds. The van der Waals surface area contributed by atoms with Gasteiger partial charge in [-0.05, 0) is 12.1 Å². The Bertz CT molecular complexity index is 426. The van der Waals surface area contributed by atoms with E-state index in [9.17, 15) is 9.59 Å². The van der Waals surface area contributed by atoms with Crippen molar-refractivity contribution >= 4 is 35.4 Å². The summed E-state index contributed by atoms with van der Waals surface area (Å²) in [5.74, 6) is 0.320. The van der Waals surface area contributed by atoms with Crippen LogP contribution in [-0.4, -0.2) is 40.8 Å². The molecule has 0 saturated carbocycles. The van der Waals surface area contributed by atoms with Gasteiger partial charge < -0.3 is 10.4 Å². The first-order chi connectivity index (χ1) is 9.59. The van der Waals surface area contributed by atoms with Crippen LogP contribution in [0.15, 0.2) is 35.2 Å². The maximum Gasteiger partial charge on any atom is 0.307 e. The molecule has 0 aromatic heterocycles. The van der Waals surface area contributed by atoms with Gasteiger partial charge in [0.15, 0.2) is 0 Å². The van der Waals surface area contributed by atoms with Gasteiger partial charge in [0.2, 0.25) is 5.91 Å². The summed E-state index contributed by atoms with van der Waals surface area (Å²) in [7, 11) is 0. The highest BCUT2D eigenvalue weighted by Gasteiger charge is 2.11. The zero-order valence-corrected chi connectivity index (χ0v) is 13.0. The molecular formula is C14H19NO3S2. The molecule has 0 aliphatic heterocycles. The highest BCUT2D eigenvalue weighted by atomic mass is 32.2. The number of carboxylic acid groups (broad SMARTS) is 1. The van der Waals surface area contributed by atoms with Crippen molar-refractivity contribution in [3.8, 4) is 0 Å². The van der Waals surface area contributed by atoms with Gasteiger partial charge >= 0.3 is 5.97 Å². The number of carbonyl (C=O) groups is 2. The highest BCUT2D eigenvalue weighted by Crippen LogP contribution is 2.15. The second kappa shape index (κ2) is 9.72. The number of nitrogens with one attached hydrogen (secondary N) is 1. The van der Waals surface area contributed by atoms with Crippen molar-refractivity contribution < 1.29 is 14.7 Å². The third-order valence-electron chi connectivity index (χ3n) is 2.46. The first-order valence-electron chi connectivity index (χ1n) is 6.34. The summed E-state index contributed by atoms with van der Waals surface area (Å²) in [5, 5.41) is 11.5. The minimum Gasteiger partial charge on any atom is -0.481 e. The van der Waals surface area contributed by atoms with E-state index < -0.39 is 11.9 Å². The van der Waals surface area contributed by atoms with Crippen LogP contribution < -0.4 is 5.32 Å².